The second-order valence-corrected chi connectivity index (χ2v) is 8.60. The van der Waals surface area contributed by atoms with E-state index in [-0.39, 0.29) is 5.78 Å². The number of hydrogen-bond acceptors (Lipinski definition) is 4. The van der Waals surface area contributed by atoms with Gasteiger partial charge >= 0.3 is 0 Å². The maximum atomic E-state index is 12.1. The minimum absolute atomic E-state index is 0.0400. The molecule has 1 N–H and O–H groups in total. The highest BCUT2D eigenvalue weighted by molar-refractivity contribution is 6.37. The summed E-state index contributed by atoms with van der Waals surface area (Å²) in [6.07, 6.45) is 1.73. The molecule has 0 aliphatic carbocycles. The van der Waals surface area contributed by atoms with Crippen molar-refractivity contribution < 1.29 is 4.79 Å². The molecule has 1 aliphatic heterocycles. The van der Waals surface area contributed by atoms with E-state index in [0.717, 1.165) is 59.6 Å². The Morgan fingerprint density at radius 2 is 1.78 bits per heavy atom. The van der Waals surface area contributed by atoms with Crippen LogP contribution in [-0.2, 0) is 7.05 Å². The fourth-order valence-electron chi connectivity index (χ4n) is 4.57. The van der Waals surface area contributed by atoms with Gasteiger partial charge in [0.15, 0.2) is 5.78 Å². The van der Waals surface area contributed by atoms with E-state index in [2.05, 4.69) is 44.0 Å². The number of anilines is 1. The molecule has 1 fully saturated rings. The molecule has 0 atom stereocenters. The highest BCUT2D eigenvalue weighted by Gasteiger charge is 2.22. The number of ketones is 1. The summed E-state index contributed by atoms with van der Waals surface area (Å²) in [6, 6.07) is 18.3. The van der Waals surface area contributed by atoms with Crippen molar-refractivity contribution in [3.05, 3.63) is 71.4 Å². The molecule has 0 unspecified atom stereocenters. The average molecular weight is 445 g/mol. The summed E-state index contributed by atoms with van der Waals surface area (Å²) in [5.74, 6) is 0.0400. The van der Waals surface area contributed by atoms with Crippen molar-refractivity contribution in [2.45, 2.75) is 6.92 Å². The molecule has 4 aromatic rings. The Kier molecular flexibility index (Phi) is 5.45. The number of rotatable bonds is 4. The minimum atomic E-state index is 0.0400. The van der Waals surface area contributed by atoms with Crippen molar-refractivity contribution in [2.24, 2.45) is 7.05 Å². The van der Waals surface area contributed by atoms with Crippen molar-refractivity contribution in [1.29, 1.82) is 0 Å². The first-order chi connectivity index (χ1) is 15.5. The van der Waals surface area contributed by atoms with Gasteiger partial charge in [-0.1, -0.05) is 41.9 Å². The van der Waals surface area contributed by atoms with Crippen LogP contribution in [0.15, 0.2) is 60.8 Å². The largest absolute Gasteiger partial charge is 0.369 e. The topological polar surface area (TPSA) is 50.2 Å². The zero-order valence-electron chi connectivity index (χ0n) is 18.2. The first kappa shape index (κ1) is 20.7. The van der Waals surface area contributed by atoms with E-state index in [0.29, 0.717) is 10.6 Å². The Bertz CT molecular complexity index is 1300. The third-order valence-corrected chi connectivity index (χ3v) is 6.52. The molecule has 5 rings (SSSR count). The molecule has 1 saturated heterocycles. The smallest absolute Gasteiger partial charge is 0.159 e. The van der Waals surface area contributed by atoms with Gasteiger partial charge in [0, 0.05) is 61.6 Å². The summed E-state index contributed by atoms with van der Waals surface area (Å²) in [5, 5.41) is 4.95. The Hall–Kier alpha value is -3.15. The fourth-order valence-corrected chi connectivity index (χ4v) is 4.81. The first-order valence-electron chi connectivity index (χ1n) is 10.8. The lowest BCUT2D eigenvalue weighted by atomic mass is 9.96. The molecular formula is C26H25ClN4O. The molecule has 3 heterocycles. The number of Topliss-reactive ketones (excluding diaryl/α,β-unsaturated/α-hetero) is 1. The molecule has 2 aromatic heterocycles. The number of piperazine rings is 1. The number of hydrogen-bond donors (Lipinski definition) is 1. The molecule has 32 heavy (non-hydrogen) atoms. The molecule has 162 valence electrons. The normalized spacial score (nSPS) is 14.2. The van der Waals surface area contributed by atoms with Crippen LogP contribution in [0.25, 0.3) is 33.4 Å². The summed E-state index contributed by atoms with van der Waals surface area (Å²) in [4.78, 5) is 19.1. The monoisotopic (exact) mass is 444 g/mol. The number of halogens is 1. The molecule has 0 radical (unpaired) electrons. The van der Waals surface area contributed by atoms with Gasteiger partial charge in [0.05, 0.1) is 10.7 Å². The van der Waals surface area contributed by atoms with Crippen LogP contribution in [-0.4, -0.2) is 41.5 Å². The maximum Gasteiger partial charge on any atom is 0.159 e. The van der Waals surface area contributed by atoms with Gasteiger partial charge in [0.25, 0.3) is 0 Å². The van der Waals surface area contributed by atoms with Gasteiger partial charge in [-0.2, -0.15) is 0 Å². The van der Waals surface area contributed by atoms with E-state index >= 15 is 0 Å². The second kappa shape index (κ2) is 8.41. The van der Waals surface area contributed by atoms with Gasteiger partial charge < -0.3 is 14.8 Å². The van der Waals surface area contributed by atoms with Crippen LogP contribution in [0.2, 0.25) is 5.02 Å². The number of carbonyl (C=O) groups excluding carboxylic acids is 1. The number of benzene rings is 2. The van der Waals surface area contributed by atoms with Crippen molar-refractivity contribution in [2.75, 3.05) is 31.1 Å². The van der Waals surface area contributed by atoms with E-state index in [1.165, 1.54) is 5.69 Å². The third-order valence-electron chi connectivity index (χ3n) is 6.20. The van der Waals surface area contributed by atoms with Crippen LogP contribution in [0.4, 0.5) is 5.69 Å². The van der Waals surface area contributed by atoms with Gasteiger partial charge in [-0.25, -0.2) is 4.98 Å². The zero-order chi connectivity index (χ0) is 22.2. The van der Waals surface area contributed by atoms with Gasteiger partial charge in [0.2, 0.25) is 0 Å². The summed E-state index contributed by atoms with van der Waals surface area (Å²) in [5.41, 5.74) is 6.81. The number of carbonyl (C=O) groups is 1. The van der Waals surface area contributed by atoms with Crippen LogP contribution in [0.3, 0.4) is 0 Å². The van der Waals surface area contributed by atoms with Crippen molar-refractivity contribution in [3.63, 3.8) is 0 Å². The Morgan fingerprint density at radius 3 is 2.50 bits per heavy atom. The summed E-state index contributed by atoms with van der Waals surface area (Å²) >= 11 is 6.68. The molecular weight excluding hydrogens is 420 g/mol. The summed E-state index contributed by atoms with van der Waals surface area (Å²) in [7, 11) is 2.02. The zero-order valence-corrected chi connectivity index (χ0v) is 19.0. The van der Waals surface area contributed by atoms with Crippen LogP contribution >= 0.6 is 11.6 Å². The quantitative estimate of drug-likeness (QED) is 0.441. The molecule has 6 heteroatoms. The number of fused-ring (bicyclic) bond motifs is 1. The number of aromatic nitrogens is 2. The second-order valence-electron chi connectivity index (χ2n) is 8.19. The lowest BCUT2D eigenvalue weighted by molar-refractivity contribution is 0.101. The summed E-state index contributed by atoms with van der Waals surface area (Å²) < 4.78 is 2.09. The first-order valence-corrected chi connectivity index (χ1v) is 11.2. The lowest BCUT2D eigenvalue weighted by Crippen LogP contribution is -2.43. The standard InChI is InChI=1S/C26H25ClN4O/c1-17(32)19-4-3-5-20(16-19)23-24-22(27)10-11-29-26(24)30(2)25(23)18-6-8-21(9-7-18)31-14-12-28-13-15-31/h3-11,16,28H,12-15H2,1-2H3. The molecule has 0 amide bonds. The van der Waals surface area contributed by atoms with Crippen LogP contribution < -0.4 is 10.2 Å². The highest BCUT2D eigenvalue weighted by atomic mass is 35.5. The molecule has 1 aliphatic rings. The average Bonchev–Trinajstić information content (AvgIpc) is 3.13. The minimum Gasteiger partial charge on any atom is -0.369 e. The van der Waals surface area contributed by atoms with Gasteiger partial charge in [-0.05, 0) is 42.3 Å². The Labute approximate surface area is 192 Å². The highest BCUT2D eigenvalue weighted by Crippen LogP contribution is 2.43. The number of nitrogens with zero attached hydrogens (tertiary/aromatic N) is 3. The van der Waals surface area contributed by atoms with Crippen LogP contribution in [0, 0.1) is 0 Å². The van der Waals surface area contributed by atoms with E-state index < -0.39 is 0 Å². The van der Waals surface area contributed by atoms with Crippen LogP contribution in [0.5, 0.6) is 0 Å². The number of nitrogens with one attached hydrogen (secondary N) is 1. The Balaban J connectivity index is 1.70. The van der Waals surface area contributed by atoms with Gasteiger partial charge in [-0.15, -0.1) is 0 Å². The van der Waals surface area contributed by atoms with E-state index in [9.17, 15) is 4.79 Å². The molecule has 5 nitrogen and oxygen atoms in total. The molecule has 2 aromatic carbocycles. The van der Waals surface area contributed by atoms with Crippen molar-refractivity contribution in [3.8, 4) is 22.4 Å². The molecule has 0 spiro atoms. The maximum absolute atomic E-state index is 12.1. The lowest BCUT2D eigenvalue weighted by Gasteiger charge is -2.29. The van der Waals surface area contributed by atoms with E-state index in [4.69, 9.17) is 11.6 Å². The number of aryl methyl sites for hydroxylation is 1. The molecule has 0 saturated carbocycles. The van der Waals surface area contributed by atoms with E-state index in [1.54, 1.807) is 13.1 Å². The predicted octanol–water partition coefficient (Wildman–Crippen LogP) is 5.17. The Morgan fingerprint density at radius 1 is 1.03 bits per heavy atom. The fraction of sp³-hybridized carbons (Fsp3) is 0.231. The SMILES string of the molecule is CC(=O)c1cccc(-c2c(-c3ccc(N4CCNCC4)cc3)n(C)c3nccc(Cl)c23)c1. The van der Waals surface area contributed by atoms with Crippen LogP contribution in [0.1, 0.15) is 17.3 Å². The van der Waals surface area contributed by atoms with E-state index in [1.807, 2.05) is 37.4 Å². The predicted molar refractivity (Wildman–Crippen MR) is 132 cm³/mol. The van der Waals surface area contributed by atoms with Gasteiger partial charge in [0.1, 0.15) is 5.65 Å². The number of pyridine rings is 1. The molecule has 0 bridgehead atoms. The van der Waals surface area contributed by atoms with Crippen molar-refractivity contribution in [1.82, 2.24) is 14.9 Å². The third kappa shape index (κ3) is 3.57. The van der Waals surface area contributed by atoms with Gasteiger partial charge in [-0.3, -0.25) is 4.79 Å². The summed E-state index contributed by atoms with van der Waals surface area (Å²) in [6.45, 7) is 5.62. The van der Waals surface area contributed by atoms with Crippen molar-refractivity contribution >= 4 is 34.1 Å².